The number of benzene rings is 4. The summed E-state index contributed by atoms with van der Waals surface area (Å²) in [6.07, 6.45) is 2.26. The number of anilines is 1. The van der Waals surface area contributed by atoms with Crippen LogP contribution in [0.1, 0.15) is 57.7 Å². The SMILES string of the molecule is CCCCc1ccc(N(C(=O)c2ccc([N+](=O)[O-])cc2)C2C(=O)c3ccccc3OC2c2ccccc2)cc1. The van der Waals surface area contributed by atoms with Crippen molar-refractivity contribution in [2.24, 2.45) is 0 Å². The molecule has 1 heterocycles. The lowest BCUT2D eigenvalue weighted by molar-refractivity contribution is -0.384. The third-order valence-electron chi connectivity index (χ3n) is 6.95. The number of para-hydroxylation sites is 1. The first kappa shape index (κ1) is 25.9. The Labute approximate surface area is 226 Å². The molecule has 0 aliphatic carbocycles. The number of nitrogens with zero attached hydrogens (tertiary/aromatic N) is 2. The monoisotopic (exact) mass is 520 g/mol. The molecule has 1 amide bonds. The zero-order chi connectivity index (χ0) is 27.4. The van der Waals surface area contributed by atoms with Gasteiger partial charge in [-0.05, 0) is 60.4 Å². The molecule has 0 radical (unpaired) electrons. The molecule has 0 aromatic heterocycles. The van der Waals surface area contributed by atoms with Gasteiger partial charge in [-0.15, -0.1) is 0 Å². The number of amides is 1. The Hall–Kier alpha value is -4.78. The minimum Gasteiger partial charge on any atom is -0.482 e. The quantitative estimate of drug-likeness (QED) is 0.185. The molecule has 196 valence electrons. The van der Waals surface area contributed by atoms with Gasteiger partial charge in [0.1, 0.15) is 11.8 Å². The molecule has 0 bridgehead atoms. The molecule has 0 N–H and O–H groups in total. The molecule has 4 aromatic rings. The molecule has 5 rings (SSSR count). The number of fused-ring (bicyclic) bond motifs is 1. The van der Waals surface area contributed by atoms with Crippen LogP contribution in [0.4, 0.5) is 11.4 Å². The highest BCUT2D eigenvalue weighted by atomic mass is 16.6. The standard InChI is InChI=1S/C32H28N2O5/c1-2-3-9-22-14-18-25(19-15-22)33(32(36)24-16-20-26(21-17-24)34(37)38)29-30(35)27-12-7-8-13-28(27)39-31(29)23-10-5-4-6-11-23/h4-8,10-21,29,31H,2-3,9H2,1H3. The van der Waals surface area contributed by atoms with Gasteiger partial charge in [-0.3, -0.25) is 24.6 Å². The van der Waals surface area contributed by atoms with E-state index in [9.17, 15) is 19.7 Å². The van der Waals surface area contributed by atoms with Gasteiger partial charge in [0, 0.05) is 23.4 Å². The third-order valence-corrected chi connectivity index (χ3v) is 6.95. The van der Waals surface area contributed by atoms with Crippen molar-refractivity contribution in [3.8, 4) is 5.75 Å². The van der Waals surface area contributed by atoms with Crippen molar-refractivity contribution in [3.05, 3.63) is 135 Å². The molecule has 39 heavy (non-hydrogen) atoms. The number of aryl methyl sites for hydroxylation is 1. The maximum atomic E-state index is 14.2. The number of rotatable bonds is 8. The van der Waals surface area contributed by atoms with Crippen molar-refractivity contribution in [1.29, 1.82) is 0 Å². The highest BCUT2D eigenvalue weighted by molar-refractivity contribution is 6.14. The van der Waals surface area contributed by atoms with Crippen LogP contribution in [-0.2, 0) is 6.42 Å². The average Bonchev–Trinajstić information content (AvgIpc) is 2.98. The summed E-state index contributed by atoms with van der Waals surface area (Å²) in [5.74, 6) is -0.227. The minimum absolute atomic E-state index is 0.119. The highest BCUT2D eigenvalue weighted by Gasteiger charge is 2.44. The number of non-ortho nitro benzene ring substituents is 1. The number of ketones is 1. The lowest BCUT2D eigenvalue weighted by Gasteiger charge is -2.39. The fourth-order valence-electron chi connectivity index (χ4n) is 4.89. The second-order valence-electron chi connectivity index (χ2n) is 9.50. The number of ether oxygens (including phenoxy) is 1. The van der Waals surface area contributed by atoms with Crippen LogP contribution in [0.5, 0.6) is 5.75 Å². The number of hydrogen-bond acceptors (Lipinski definition) is 5. The largest absolute Gasteiger partial charge is 0.482 e. The molecular weight excluding hydrogens is 492 g/mol. The van der Waals surface area contributed by atoms with Gasteiger partial charge in [-0.2, -0.15) is 0 Å². The van der Waals surface area contributed by atoms with E-state index < -0.39 is 23.0 Å². The summed E-state index contributed by atoms with van der Waals surface area (Å²) in [6.45, 7) is 2.13. The number of carbonyl (C=O) groups is 2. The van der Waals surface area contributed by atoms with Crippen LogP contribution in [0.2, 0.25) is 0 Å². The molecule has 7 nitrogen and oxygen atoms in total. The maximum Gasteiger partial charge on any atom is 0.269 e. The fraction of sp³-hybridized carbons (Fsp3) is 0.188. The Bertz CT molecular complexity index is 1480. The summed E-state index contributed by atoms with van der Waals surface area (Å²) in [7, 11) is 0. The Morgan fingerprint density at radius 3 is 2.23 bits per heavy atom. The van der Waals surface area contributed by atoms with E-state index in [0.717, 1.165) is 30.4 Å². The molecule has 4 aromatic carbocycles. The predicted octanol–water partition coefficient (Wildman–Crippen LogP) is 6.97. The summed E-state index contributed by atoms with van der Waals surface area (Å²) in [5.41, 5.74) is 2.95. The van der Waals surface area contributed by atoms with E-state index in [-0.39, 0.29) is 17.0 Å². The van der Waals surface area contributed by atoms with E-state index in [4.69, 9.17) is 4.74 Å². The molecule has 1 aliphatic heterocycles. The summed E-state index contributed by atoms with van der Waals surface area (Å²) >= 11 is 0. The molecule has 0 saturated heterocycles. The second kappa shape index (κ2) is 11.3. The Kier molecular flexibility index (Phi) is 7.50. The van der Waals surface area contributed by atoms with E-state index in [0.29, 0.717) is 17.0 Å². The first-order valence-electron chi connectivity index (χ1n) is 13.0. The lowest BCUT2D eigenvalue weighted by atomic mass is 9.89. The van der Waals surface area contributed by atoms with Gasteiger partial charge < -0.3 is 4.74 Å². The smallest absolute Gasteiger partial charge is 0.269 e. The number of nitro benzene ring substituents is 1. The summed E-state index contributed by atoms with van der Waals surface area (Å²) in [5, 5.41) is 11.2. The molecule has 1 aliphatic rings. The topological polar surface area (TPSA) is 89.8 Å². The van der Waals surface area contributed by atoms with Crippen molar-refractivity contribution in [1.82, 2.24) is 0 Å². The molecule has 0 fully saturated rings. The van der Waals surface area contributed by atoms with Gasteiger partial charge in [0.15, 0.2) is 11.9 Å². The lowest BCUT2D eigenvalue weighted by Crippen LogP contribution is -2.52. The molecule has 0 saturated carbocycles. The number of Topliss-reactive ketones (excluding diaryl/α,β-unsaturated/α-hetero) is 1. The molecule has 7 heteroatoms. The molecule has 2 atom stereocenters. The first-order chi connectivity index (χ1) is 19.0. The summed E-state index contributed by atoms with van der Waals surface area (Å²) in [6, 6.07) is 28.5. The van der Waals surface area contributed by atoms with Gasteiger partial charge in [0.25, 0.3) is 11.6 Å². The van der Waals surface area contributed by atoms with Crippen molar-refractivity contribution in [2.45, 2.75) is 38.3 Å². The first-order valence-corrected chi connectivity index (χ1v) is 13.0. The molecule has 2 unspecified atom stereocenters. The van der Waals surface area contributed by atoms with Gasteiger partial charge in [0.05, 0.1) is 10.5 Å². The van der Waals surface area contributed by atoms with Crippen LogP contribution in [0, 0.1) is 10.1 Å². The second-order valence-corrected chi connectivity index (χ2v) is 9.50. The van der Waals surface area contributed by atoms with Crippen LogP contribution in [0.3, 0.4) is 0 Å². The van der Waals surface area contributed by atoms with Crippen molar-refractivity contribution in [2.75, 3.05) is 4.90 Å². The number of nitro groups is 1. The van der Waals surface area contributed by atoms with Crippen molar-refractivity contribution < 1.29 is 19.2 Å². The highest BCUT2D eigenvalue weighted by Crippen LogP contribution is 2.39. The Balaban J connectivity index is 1.64. The normalized spacial score (nSPS) is 16.2. The van der Waals surface area contributed by atoms with Gasteiger partial charge in [-0.1, -0.05) is 67.9 Å². The summed E-state index contributed by atoms with van der Waals surface area (Å²) in [4.78, 5) is 40.5. The van der Waals surface area contributed by atoms with Crippen LogP contribution < -0.4 is 9.64 Å². The van der Waals surface area contributed by atoms with Gasteiger partial charge in [-0.25, -0.2) is 0 Å². The van der Waals surface area contributed by atoms with Gasteiger partial charge >= 0.3 is 0 Å². The van der Waals surface area contributed by atoms with Crippen LogP contribution in [0.15, 0.2) is 103 Å². The van der Waals surface area contributed by atoms with Crippen LogP contribution in [-0.4, -0.2) is 22.7 Å². The number of unbranched alkanes of at least 4 members (excludes halogenated alkanes) is 1. The maximum absolute atomic E-state index is 14.2. The minimum atomic E-state index is -1.01. The van der Waals surface area contributed by atoms with Crippen LogP contribution >= 0.6 is 0 Å². The van der Waals surface area contributed by atoms with E-state index in [1.165, 1.54) is 29.2 Å². The van der Waals surface area contributed by atoms with E-state index in [1.807, 2.05) is 60.7 Å². The Morgan fingerprint density at radius 1 is 0.897 bits per heavy atom. The Morgan fingerprint density at radius 2 is 1.56 bits per heavy atom. The zero-order valence-electron chi connectivity index (χ0n) is 21.5. The molecular formula is C32H28N2O5. The van der Waals surface area contributed by atoms with Crippen molar-refractivity contribution >= 4 is 23.1 Å². The molecule has 0 spiro atoms. The third kappa shape index (κ3) is 5.29. The number of carbonyl (C=O) groups excluding carboxylic acids is 2. The van der Waals surface area contributed by atoms with Gasteiger partial charge in [0.2, 0.25) is 0 Å². The predicted molar refractivity (Wildman–Crippen MR) is 149 cm³/mol. The van der Waals surface area contributed by atoms with E-state index in [2.05, 4.69) is 6.92 Å². The number of hydrogen-bond donors (Lipinski definition) is 0. The van der Waals surface area contributed by atoms with Crippen molar-refractivity contribution in [3.63, 3.8) is 0 Å². The summed E-state index contributed by atoms with van der Waals surface area (Å²) < 4.78 is 6.41. The van der Waals surface area contributed by atoms with Crippen LogP contribution in [0.25, 0.3) is 0 Å². The van der Waals surface area contributed by atoms with E-state index >= 15 is 0 Å². The fourth-order valence-corrected chi connectivity index (χ4v) is 4.89. The zero-order valence-corrected chi connectivity index (χ0v) is 21.5. The van der Waals surface area contributed by atoms with E-state index in [1.54, 1.807) is 18.2 Å². The average molecular weight is 521 g/mol.